The van der Waals surface area contributed by atoms with Crippen LogP contribution in [0.3, 0.4) is 0 Å². The van der Waals surface area contributed by atoms with E-state index in [-0.39, 0.29) is 11.9 Å². The second-order valence-corrected chi connectivity index (χ2v) is 8.63. The highest BCUT2D eigenvalue weighted by molar-refractivity contribution is 5.94. The molecule has 6 nitrogen and oxygen atoms in total. The molecule has 1 fully saturated rings. The number of carbonyl (C=O) groups is 1. The quantitative estimate of drug-likeness (QED) is 0.837. The van der Waals surface area contributed by atoms with Gasteiger partial charge in [-0.25, -0.2) is 0 Å². The number of nitrogens with zero attached hydrogens (tertiary/aromatic N) is 3. The van der Waals surface area contributed by atoms with E-state index in [4.69, 9.17) is 4.74 Å². The van der Waals surface area contributed by atoms with Crippen LogP contribution in [-0.2, 0) is 24.3 Å². The van der Waals surface area contributed by atoms with E-state index in [9.17, 15) is 4.79 Å². The Kier molecular flexibility index (Phi) is 5.90. The van der Waals surface area contributed by atoms with Gasteiger partial charge in [-0.3, -0.25) is 9.48 Å². The number of aromatic nitrogens is 2. The minimum Gasteiger partial charge on any atom is -0.376 e. The van der Waals surface area contributed by atoms with Gasteiger partial charge in [0.2, 0.25) is 0 Å². The maximum absolute atomic E-state index is 12.8. The SMILES string of the molecule is CC1CCN(c2ccc(CNC(=O)c3nn(C(C)C)c4c3COCC4)cc2)CC1. The second-order valence-electron chi connectivity index (χ2n) is 8.63. The molecule has 1 N–H and O–H groups in total. The van der Waals surface area contributed by atoms with Gasteiger partial charge in [0, 0.05) is 49.0 Å². The zero-order chi connectivity index (χ0) is 20.4. The molecule has 1 aromatic carbocycles. The molecule has 1 aromatic heterocycles. The molecule has 0 aliphatic carbocycles. The number of hydrogen-bond acceptors (Lipinski definition) is 4. The lowest BCUT2D eigenvalue weighted by Crippen LogP contribution is -2.32. The van der Waals surface area contributed by atoms with E-state index in [1.54, 1.807) is 0 Å². The van der Waals surface area contributed by atoms with Crippen molar-refractivity contribution in [1.29, 1.82) is 0 Å². The number of carbonyl (C=O) groups excluding carboxylic acids is 1. The van der Waals surface area contributed by atoms with Gasteiger partial charge in [-0.1, -0.05) is 19.1 Å². The Morgan fingerprint density at radius 3 is 2.66 bits per heavy atom. The lowest BCUT2D eigenvalue weighted by Gasteiger charge is -2.32. The predicted octanol–water partition coefficient (Wildman–Crippen LogP) is 3.70. The number of benzene rings is 1. The molecule has 6 heteroatoms. The van der Waals surface area contributed by atoms with Crippen LogP contribution in [0.5, 0.6) is 0 Å². The van der Waals surface area contributed by atoms with Crippen molar-refractivity contribution >= 4 is 11.6 Å². The summed E-state index contributed by atoms with van der Waals surface area (Å²) in [6, 6.07) is 8.79. The Bertz CT molecular complexity index is 849. The van der Waals surface area contributed by atoms with Crippen molar-refractivity contribution < 1.29 is 9.53 Å². The van der Waals surface area contributed by atoms with Crippen molar-refractivity contribution in [2.75, 3.05) is 24.6 Å². The number of ether oxygens (including phenoxy) is 1. The first-order valence-corrected chi connectivity index (χ1v) is 10.8. The molecule has 0 spiro atoms. The van der Waals surface area contributed by atoms with Crippen LogP contribution in [0.2, 0.25) is 0 Å². The zero-order valence-corrected chi connectivity index (χ0v) is 17.8. The first kappa shape index (κ1) is 20.0. The Morgan fingerprint density at radius 1 is 1.24 bits per heavy atom. The summed E-state index contributed by atoms with van der Waals surface area (Å²) in [5, 5.41) is 7.64. The van der Waals surface area contributed by atoms with E-state index in [0.29, 0.717) is 25.5 Å². The first-order chi connectivity index (χ1) is 14.0. The van der Waals surface area contributed by atoms with E-state index >= 15 is 0 Å². The fourth-order valence-corrected chi connectivity index (χ4v) is 4.23. The summed E-state index contributed by atoms with van der Waals surface area (Å²) < 4.78 is 7.56. The first-order valence-electron chi connectivity index (χ1n) is 10.8. The molecule has 156 valence electrons. The van der Waals surface area contributed by atoms with Crippen LogP contribution in [0.4, 0.5) is 5.69 Å². The van der Waals surface area contributed by atoms with E-state index in [1.807, 2.05) is 4.68 Å². The summed E-state index contributed by atoms with van der Waals surface area (Å²) in [6.45, 7) is 10.4. The molecule has 1 saturated heterocycles. The van der Waals surface area contributed by atoms with Crippen LogP contribution in [0.15, 0.2) is 24.3 Å². The summed E-state index contributed by atoms with van der Waals surface area (Å²) in [4.78, 5) is 15.3. The summed E-state index contributed by atoms with van der Waals surface area (Å²) in [6.07, 6.45) is 3.33. The number of rotatable bonds is 5. The summed E-state index contributed by atoms with van der Waals surface area (Å²) in [5.74, 6) is 0.705. The lowest BCUT2D eigenvalue weighted by atomic mass is 9.99. The fraction of sp³-hybridized carbons (Fsp3) is 0.565. The molecule has 4 rings (SSSR count). The minimum atomic E-state index is -0.125. The van der Waals surface area contributed by atoms with Gasteiger partial charge in [-0.05, 0) is 50.3 Å². The standard InChI is InChI=1S/C23H32N4O2/c1-16(2)27-21-10-13-29-15-20(21)22(25-27)23(28)24-14-18-4-6-19(7-5-18)26-11-8-17(3)9-12-26/h4-7,16-17H,8-15H2,1-3H3,(H,24,28). The second kappa shape index (κ2) is 8.57. The molecule has 0 radical (unpaired) electrons. The van der Waals surface area contributed by atoms with Gasteiger partial charge in [0.05, 0.1) is 13.2 Å². The van der Waals surface area contributed by atoms with Crippen LogP contribution in [0.1, 0.15) is 67.0 Å². The van der Waals surface area contributed by atoms with Gasteiger partial charge in [0.15, 0.2) is 5.69 Å². The molecule has 1 amide bonds. The molecule has 2 aromatic rings. The molecule has 0 bridgehead atoms. The van der Waals surface area contributed by atoms with Gasteiger partial charge in [0.25, 0.3) is 5.91 Å². The Morgan fingerprint density at radius 2 is 1.97 bits per heavy atom. The number of amides is 1. The topological polar surface area (TPSA) is 59.4 Å². The van der Waals surface area contributed by atoms with Crippen molar-refractivity contribution in [1.82, 2.24) is 15.1 Å². The maximum atomic E-state index is 12.8. The average molecular weight is 397 g/mol. The van der Waals surface area contributed by atoms with Gasteiger partial charge in [-0.2, -0.15) is 5.10 Å². The molecule has 29 heavy (non-hydrogen) atoms. The Labute approximate surface area is 173 Å². The zero-order valence-electron chi connectivity index (χ0n) is 17.8. The van der Waals surface area contributed by atoms with Gasteiger partial charge >= 0.3 is 0 Å². The molecular formula is C23H32N4O2. The molecule has 2 aliphatic heterocycles. The van der Waals surface area contributed by atoms with Crippen LogP contribution >= 0.6 is 0 Å². The molecule has 3 heterocycles. The number of anilines is 1. The third kappa shape index (κ3) is 4.32. The monoisotopic (exact) mass is 396 g/mol. The van der Waals surface area contributed by atoms with Crippen LogP contribution < -0.4 is 10.2 Å². The van der Waals surface area contributed by atoms with Crippen LogP contribution in [0.25, 0.3) is 0 Å². The largest absolute Gasteiger partial charge is 0.376 e. The van der Waals surface area contributed by atoms with Crippen molar-refractivity contribution in [2.24, 2.45) is 5.92 Å². The fourth-order valence-electron chi connectivity index (χ4n) is 4.23. The van der Waals surface area contributed by atoms with Gasteiger partial charge in [-0.15, -0.1) is 0 Å². The van der Waals surface area contributed by atoms with Crippen molar-refractivity contribution in [2.45, 2.75) is 59.2 Å². The van der Waals surface area contributed by atoms with Gasteiger partial charge < -0.3 is 15.0 Å². The highest BCUT2D eigenvalue weighted by Crippen LogP contribution is 2.25. The lowest BCUT2D eigenvalue weighted by molar-refractivity contribution is 0.0922. The normalized spacial score (nSPS) is 17.4. The highest BCUT2D eigenvalue weighted by atomic mass is 16.5. The van der Waals surface area contributed by atoms with E-state index in [0.717, 1.165) is 42.2 Å². The Balaban J connectivity index is 1.40. The smallest absolute Gasteiger partial charge is 0.272 e. The summed E-state index contributed by atoms with van der Waals surface area (Å²) in [7, 11) is 0. The molecule has 0 atom stereocenters. The number of nitrogens with one attached hydrogen (secondary N) is 1. The molecular weight excluding hydrogens is 364 g/mol. The van der Waals surface area contributed by atoms with E-state index in [2.05, 4.69) is 60.4 Å². The number of fused-ring (bicyclic) bond motifs is 1. The third-order valence-electron chi connectivity index (χ3n) is 6.09. The minimum absolute atomic E-state index is 0.125. The van der Waals surface area contributed by atoms with E-state index in [1.165, 1.54) is 18.5 Å². The summed E-state index contributed by atoms with van der Waals surface area (Å²) in [5.41, 5.74) is 4.95. The summed E-state index contributed by atoms with van der Waals surface area (Å²) >= 11 is 0. The van der Waals surface area contributed by atoms with E-state index < -0.39 is 0 Å². The third-order valence-corrected chi connectivity index (χ3v) is 6.09. The van der Waals surface area contributed by atoms with Gasteiger partial charge in [0.1, 0.15) is 0 Å². The maximum Gasteiger partial charge on any atom is 0.272 e. The number of piperidine rings is 1. The number of hydrogen-bond donors (Lipinski definition) is 1. The Hall–Kier alpha value is -2.34. The van der Waals surface area contributed by atoms with Crippen molar-refractivity contribution in [3.05, 3.63) is 46.8 Å². The predicted molar refractivity (Wildman–Crippen MR) is 114 cm³/mol. The van der Waals surface area contributed by atoms with Crippen LogP contribution in [0, 0.1) is 5.92 Å². The average Bonchev–Trinajstić information content (AvgIpc) is 3.13. The molecule has 2 aliphatic rings. The van der Waals surface area contributed by atoms with Crippen molar-refractivity contribution in [3.63, 3.8) is 0 Å². The highest BCUT2D eigenvalue weighted by Gasteiger charge is 2.26. The molecule has 0 saturated carbocycles. The van der Waals surface area contributed by atoms with Crippen LogP contribution in [-0.4, -0.2) is 35.4 Å². The molecule has 0 unspecified atom stereocenters. The van der Waals surface area contributed by atoms with Crippen molar-refractivity contribution in [3.8, 4) is 0 Å².